The molecule has 0 fully saturated rings. The molecule has 0 radical (unpaired) electrons. The average Bonchev–Trinajstić information content (AvgIpc) is 2.55. The number of carbonyl (C=O) groups is 1. The summed E-state index contributed by atoms with van der Waals surface area (Å²) in [5.74, 6) is 0.274. The number of hydrogen-bond acceptors (Lipinski definition) is 5. The zero-order valence-corrected chi connectivity index (χ0v) is 15.1. The van der Waals surface area contributed by atoms with Crippen molar-refractivity contribution in [2.24, 2.45) is 10.8 Å². The molecule has 0 spiro atoms. The summed E-state index contributed by atoms with van der Waals surface area (Å²) in [7, 11) is 1.50. The topological polar surface area (TPSA) is 85.9 Å². The number of primary amides is 1. The molecule has 24 heavy (non-hydrogen) atoms. The van der Waals surface area contributed by atoms with Crippen LogP contribution in [0.5, 0.6) is 11.5 Å². The first-order valence-corrected chi connectivity index (χ1v) is 8.00. The van der Waals surface area contributed by atoms with Crippen molar-refractivity contribution in [2.75, 3.05) is 19.1 Å². The Kier molecular flexibility index (Phi) is 6.45. The van der Waals surface area contributed by atoms with Crippen LogP contribution in [0.2, 0.25) is 5.02 Å². The molecular weight excluding hydrogens is 398 g/mol. The lowest BCUT2D eigenvalue weighted by atomic mass is 10.2. The number of para-hydroxylation sites is 1. The fourth-order valence-electron chi connectivity index (χ4n) is 1.83. The van der Waals surface area contributed by atoms with Gasteiger partial charge in [-0.25, -0.2) is 0 Å². The largest absolute Gasteiger partial charge is 0.493 e. The number of ether oxygens (including phenoxy) is 2. The van der Waals surface area contributed by atoms with Crippen LogP contribution in [0, 0.1) is 0 Å². The fourth-order valence-corrected chi connectivity index (χ4v) is 2.58. The smallest absolute Gasteiger partial charge is 0.255 e. The Morgan fingerprint density at radius 1 is 1.42 bits per heavy atom. The highest BCUT2D eigenvalue weighted by atomic mass is 79.9. The van der Waals surface area contributed by atoms with Gasteiger partial charge >= 0.3 is 0 Å². The molecule has 2 aromatic rings. The van der Waals surface area contributed by atoms with Crippen LogP contribution in [0.4, 0.5) is 5.69 Å². The van der Waals surface area contributed by atoms with E-state index < -0.39 is 5.91 Å². The molecule has 0 aromatic heterocycles. The van der Waals surface area contributed by atoms with E-state index in [2.05, 4.69) is 26.5 Å². The number of rotatable bonds is 7. The highest BCUT2D eigenvalue weighted by Gasteiger charge is 2.12. The predicted octanol–water partition coefficient (Wildman–Crippen LogP) is 3.42. The molecule has 0 aliphatic rings. The van der Waals surface area contributed by atoms with Gasteiger partial charge in [-0.05, 0) is 45.8 Å². The SMILES string of the molecule is COc1cc(/C=N/Nc2ccccc2Cl)cc(Br)c1OCC(N)=O. The third-order valence-electron chi connectivity index (χ3n) is 2.88. The van der Waals surface area contributed by atoms with Crippen LogP contribution in [-0.4, -0.2) is 25.8 Å². The van der Waals surface area contributed by atoms with Crippen molar-refractivity contribution >= 4 is 45.3 Å². The van der Waals surface area contributed by atoms with Gasteiger partial charge in [0.25, 0.3) is 5.91 Å². The Hall–Kier alpha value is -2.25. The molecule has 0 bridgehead atoms. The minimum atomic E-state index is -0.571. The van der Waals surface area contributed by atoms with Crippen molar-refractivity contribution in [3.05, 3.63) is 51.5 Å². The molecule has 0 aliphatic carbocycles. The number of nitrogens with one attached hydrogen (secondary N) is 1. The van der Waals surface area contributed by atoms with Crippen LogP contribution in [0.3, 0.4) is 0 Å². The van der Waals surface area contributed by atoms with Crippen LogP contribution in [-0.2, 0) is 4.79 Å². The highest BCUT2D eigenvalue weighted by Crippen LogP contribution is 2.36. The molecule has 2 rings (SSSR count). The van der Waals surface area contributed by atoms with Crippen LogP contribution < -0.4 is 20.6 Å². The first-order chi connectivity index (χ1) is 11.5. The van der Waals surface area contributed by atoms with Crippen LogP contribution in [0.1, 0.15) is 5.56 Å². The second-order valence-electron chi connectivity index (χ2n) is 4.64. The van der Waals surface area contributed by atoms with Crippen LogP contribution in [0.25, 0.3) is 0 Å². The quantitative estimate of drug-likeness (QED) is 0.539. The van der Waals surface area contributed by atoms with Gasteiger partial charge in [-0.1, -0.05) is 23.7 Å². The lowest BCUT2D eigenvalue weighted by Gasteiger charge is -2.12. The van der Waals surface area contributed by atoms with Gasteiger partial charge in [-0.3, -0.25) is 10.2 Å². The van der Waals surface area contributed by atoms with Gasteiger partial charge in [0.15, 0.2) is 18.1 Å². The zero-order valence-electron chi connectivity index (χ0n) is 12.8. The van der Waals surface area contributed by atoms with Gasteiger partial charge in [0.05, 0.1) is 28.5 Å². The van der Waals surface area contributed by atoms with Crippen molar-refractivity contribution < 1.29 is 14.3 Å². The Morgan fingerprint density at radius 2 is 2.17 bits per heavy atom. The summed E-state index contributed by atoms with van der Waals surface area (Å²) in [6.07, 6.45) is 1.61. The second kappa shape index (κ2) is 8.56. The molecule has 0 unspecified atom stereocenters. The van der Waals surface area contributed by atoms with Gasteiger partial charge in [0.2, 0.25) is 0 Å². The summed E-state index contributed by atoms with van der Waals surface area (Å²) >= 11 is 9.42. The molecule has 0 heterocycles. The van der Waals surface area contributed by atoms with E-state index in [1.54, 1.807) is 24.4 Å². The number of hydrogen-bond donors (Lipinski definition) is 2. The predicted molar refractivity (Wildman–Crippen MR) is 98.1 cm³/mol. The van der Waals surface area contributed by atoms with Crippen molar-refractivity contribution in [1.82, 2.24) is 0 Å². The molecule has 0 aliphatic heterocycles. The lowest BCUT2D eigenvalue weighted by molar-refractivity contribution is -0.119. The summed E-state index contributed by atoms with van der Waals surface area (Å²) < 4.78 is 11.2. The Balaban J connectivity index is 2.16. The molecule has 3 N–H and O–H groups in total. The maximum absolute atomic E-state index is 10.9. The average molecular weight is 413 g/mol. The fraction of sp³-hybridized carbons (Fsp3) is 0.125. The van der Waals surface area contributed by atoms with Crippen LogP contribution in [0.15, 0.2) is 46.0 Å². The number of hydrazone groups is 1. The summed E-state index contributed by atoms with van der Waals surface area (Å²) in [5.41, 5.74) is 9.40. The Bertz CT molecular complexity index is 768. The molecule has 2 aromatic carbocycles. The molecule has 0 saturated heterocycles. The minimum absolute atomic E-state index is 0.240. The van der Waals surface area contributed by atoms with Crippen molar-refractivity contribution in [3.63, 3.8) is 0 Å². The minimum Gasteiger partial charge on any atom is -0.493 e. The number of halogens is 2. The molecular formula is C16H15BrClN3O3. The van der Waals surface area contributed by atoms with Gasteiger partial charge in [-0.2, -0.15) is 5.10 Å². The number of methoxy groups -OCH3 is 1. The molecule has 6 nitrogen and oxygen atoms in total. The standard InChI is InChI=1S/C16H15BrClN3O3/c1-23-14-7-10(6-11(17)16(14)24-9-15(19)22)8-20-21-13-5-3-2-4-12(13)18/h2-8,21H,9H2,1H3,(H2,19,22)/b20-8+. The molecule has 126 valence electrons. The van der Waals surface area contributed by atoms with Gasteiger partial charge in [-0.15, -0.1) is 0 Å². The number of nitrogens with two attached hydrogens (primary N) is 1. The maximum Gasteiger partial charge on any atom is 0.255 e. The maximum atomic E-state index is 10.9. The molecule has 0 atom stereocenters. The first-order valence-electron chi connectivity index (χ1n) is 6.83. The summed E-state index contributed by atoms with van der Waals surface area (Å²) in [5, 5.41) is 4.72. The van der Waals surface area contributed by atoms with Gasteiger partial charge < -0.3 is 15.2 Å². The number of benzene rings is 2. The number of amides is 1. The van der Waals surface area contributed by atoms with E-state index in [1.165, 1.54) is 7.11 Å². The van der Waals surface area contributed by atoms with Crippen LogP contribution >= 0.6 is 27.5 Å². The Morgan fingerprint density at radius 3 is 2.83 bits per heavy atom. The van der Waals surface area contributed by atoms with Gasteiger partial charge in [0, 0.05) is 0 Å². The van der Waals surface area contributed by atoms with Crippen molar-refractivity contribution in [1.29, 1.82) is 0 Å². The summed E-state index contributed by atoms with van der Waals surface area (Å²) in [4.78, 5) is 10.9. The Labute approximate surface area is 152 Å². The van der Waals surface area contributed by atoms with E-state index in [4.69, 9.17) is 26.8 Å². The second-order valence-corrected chi connectivity index (χ2v) is 5.90. The lowest BCUT2D eigenvalue weighted by Crippen LogP contribution is -2.20. The third-order valence-corrected chi connectivity index (χ3v) is 3.80. The normalized spacial score (nSPS) is 10.6. The van der Waals surface area contributed by atoms with Gasteiger partial charge in [0.1, 0.15) is 0 Å². The number of carbonyl (C=O) groups excluding carboxylic acids is 1. The molecule has 8 heteroatoms. The highest BCUT2D eigenvalue weighted by molar-refractivity contribution is 9.10. The van der Waals surface area contributed by atoms with E-state index in [1.807, 2.05) is 18.2 Å². The van der Waals surface area contributed by atoms with Crippen molar-refractivity contribution in [3.8, 4) is 11.5 Å². The van der Waals surface area contributed by atoms with Crippen molar-refractivity contribution in [2.45, 2.75) is 0 Å². The zero-order chi connectivity index (χ0) is 17.5. The number of anilines is 1. The summed E-state index contributed by atoms with van der Waals surface area (Å²) in [6.45, 7) is -0.240. The molecule has 0 saturated carbocycles. The summed E-state index contributed by atoms with van der Waals surface area (Å²) in [6, 6.07) is 10.8. The monoisotopic (exact) mass is 411 g/mol. The van der Waals surface area contributed by atoms with E-state index in [0.717, 1.165) is 5.56 Å². The van der Waals surface area contributed by atoms with E-state index >= 15 is 0 Å². The number of nitrogens with zero attached hydrogens (tertiary/aromatic N) is 1. The van der Waals surface area contributed by atoms with E-state index in [9.17, 15) is 4.79 Å². The third kappa shape index (κ3) is 4.87. The van der Waals surface area contributed by atoms with E-state index in [0.29, 0.717) is 26.7 Å². The first kappa shape index (κ1) is 18.1. The van der Waals surface area contributed by atoms with E-state index in [-0.39, 0.29) is 6.61 Å². The molecule has 1 amide bonds.